The molecule has 0 aliphatic heterocycles. The Morgan fingerprint density at radius 3 is 1.28 bits per heavy atom. The monoisotopic (exact) mass is 462 g/mol. The molecule has 2 unspecified atom stereocenters. The van der Waals surface area contributed by atoms with Crippen molar-refractivity contribution < 1.29 is 33.8 Å². The number of hydrogen-bond donors (Lipinski definition) is 0. The molecule has 0 amide bonds. The molecular formula is C25H50O7. The van der Waals surface area contributed by atoms with Gasteiger partial charge in [-0.1, -0.05) is 66.2 Å². The molecule has 0 aromatic rings. The first kappa shape index (κ1) is 31.1. The number of rotatable bonds is 24. The smallest absolute Gasteiger partial charge is 0.434 e. The maximum absolute atomic E-state index is 12.1. The van der Waals surface area contributed by atoms with Gasteiger partial charge in [0.2, 0.25) is 0 Å². The maximum atomic E-state index is 12.1. The summed E-state index contributed by atoms with van der Waals surface area (Å²) >= 11 is 0. The summed E-state index contributed by atoms with van der Waals surface area (Å²) in [5.41, 5.74) is 0. The molecular weight excluding hydrogens is 412 g/mol. The summed E-state index contributed by atoms with van der Waals surface area (Å²) in [7, 11) is 0. The van der Waals surface area contributed by atoms with Gasteiger partial charge in [-0.3, -0.25) is 0 Å². The van der Waals surface area contributed by atoms with Gasteiger partial charge >= 0.3 is 6.16 Å². The minimum absolute atomic E-state index is 0.252. The van der Waals surface area contributed by atoms with E-state index in [2.05, 4.69) is 27.7 Å². The van der Waals surface area contributed by atoms with E-state index in [4.69, 9.17) is 29.0 Å². The van der Waals surface area contributed by atoms with E-state index in [0.29, 0.717) is 39.6 Å². The molecule has 0 N–H and O–H groups in total. The van der Waals surface area contributed by atoms with Crippen molar-refractivity contribution >= 4 is 6.16 Å². The van der Waals surface area contributed by atoms with E-state index in [0.717, 1.165) is 77.0 Å². The molecule has 0 fully saturated rings. The van der Waals surface area contributed by atoms with Crippen LogP contribution >= 0.6 is 0 Å². The largest absolute Gasteiger partial charge is 0.508 e. The van der Waals surface area contributed by atoms with Crippen molar-refractivity contribution in [3.8, 4) is 0 Å². The summed E-state index contributed by atoms with van der Waals surface area (Å²) < 4.78 is 10.8. The second kappa shape index (κ2) is 24.7. The minimum atomic E-state index is -0.590. The van der Waals surface area contributed by atoms with Crippen LogP contribution in [0.25, 0.3) is 0 Å². The predicted molar refractivity (Wildman–Crippen MR) is 126 cm³/mol. The maximum Gasteiger partial charge on any atom is 0.508 e. The number of unbranched alkanes of at least 4 members (excludes halogenated alkanes) is 4. The zero-order valence-corrected chi connectivity index (χ0v) is 21.2. The molecule has 0 aromatic carbocycles. The Bertz CT molecular complexity index is 358. The van der Waals surface area contributed by atoms with E-state index < -0.39 is 6.16 Å². The van der Waals surface area contributed by atoms with E-state index in [1.54, 1.807) is 0 Å². The highest BCUT2D eigenvalue weighted by atomic mass is 17.2. The fourth-order valence-corrected chi connectivity index (χ4v) is 3.09. The van der Waals surface area contributed by atoms with Gasteiger partial charge in [-0.05, 0) is 50.4 Å². The molecule has 0 saturated carbocycles. The standard InChI is InChI=1S/C25H50O7/c1-5-9-13-23(15-19-31-29-17-11-7-3)21-27-25(26)28-22-24(14-10-6-2)16-20-32-30-18-12-8-4/h23-24H,5-22H2,1-4H3. The highest BCUT2D eigenvalue weighted by molar-refractivity contribution is 5.59. The van der Waals surface area contributed by atoms with Crippen LogP contribution in [0.4, 0.5) is 4.79 Å². The van der Waals surface area contributed by atoms with Gasteiger partial charge in [-0.2, -0.15) is 0 Å². The van der Waals surface area contributed by atoms with Crippen LogP contribution < -0.4 is 0 Å². The number of hydrogen-bond acceptors (Lipinski definition) is 7. The zero-order valence-electron chi connectivity index (χ0n) is 21.2. The first-order valence-corrected chi connectivity index (χ1v) is 13.0. The van der Waals surface area contributed by atoms with Gasteiger partial charge in [0.1, 0.15) is 0 Å². The SMILES string of the molecule is CCCCOOCCC(CCCC)COC(=O)OCC(CCCC)CCOOCCCC. The van der Waals surface area contributed by atoms with E-state index in [9.17, 15) is 4.79 Å². The second-order valence-corrected chi connectivity index (χ2v) is 8.46. The van der Waals surface area contributed by atoms with Gasteiger partial charge in [-0.25, -0.2) is 24.3 Å². The van der Waals surface area contributed by atoms with Crippen LogP contribution in [0.3, 0.4) is 0 Å². The summed E-state index contributed by atoms with van der Waals surface area (Å²) in [5, 5.41) is 0. The molecule has 0 saturated heterocycles. The molecule has 0 rings (SSSR count). The van der Waals surface area contributed by atoms with Crippen molar-refractivity contribution in [2.24, 2.45) is 11.8 Å². The Morgan fingerprint density at radius 1 is 0.531 bits per heavy atom. The van der Waals surface area contributed by atoms with Crippen LogP contribution in [0, 0.1) is 11.8 Å². The lowest BCUT2D eigenvalue weighted by atomic mass is 10.00. The first-order valence-electron chi connectivity index (χ1n) is 13.0. The molecule has 2 atom stereocenters. The molecule has 0 spiro atoms. The average molecular weight is 463 g/mol. The summed E-state index contributed by atoms with van der Waals surface area (Å²) in [6.07, 6.45) is 11.6. The van der Waals surface area contributed by atoms with Crippen LogP contribution in [0.2, 0.25) is 0 Å². The van der Waals surface area contributed by atoms with Gasteiger partial charge in [0.05, 0.1) is 39.6 Å². The van der Waals surface area contributed by atoms with Gasteiger partial charge in [0.25, 0.3) is 0 Å². The fraction of sp³-hybridized carbons (Fsp3) is 0.960. The van der Waals surface area contributed by atoms with Crippen molar-refractivity contribution in [3.05, 3.63) is 0 Å². The van der Waals surface area contributed by atoms with Gasteiger partial charge in [0, 0.05) is 0 Å². The Hall–Kier alpha value is -0.890. The van der Waals surface area contributed by atoms with E-state index in [-0.39, 0.29) is 11.8 Å². The second-order valence-electron chi connectivity index (χ2n) is 8.46. The van der Waals surface area contributed by atoms with Crippen molar-refractivity contribution in [3.63, 3.8) is 0 Å². The lowest BCUT2D eigenvalue weighted by Crippen LogP contribution is -2.20. The summed E-state index contributed by atoms with van der Waals surface area (Å²) in [6, 6.07) is 0. The van der Waals surface area contributed by atoms with Crippen LogP contribution in [-0.4, -0.2) is 45.8 Å². The van der Waals surface area contributed by atoms with Gasteiger partial charge < -0.3 is 9.47 Å². The van der Waals surface area contributed by atoms with E-state index in [1.165, 1.54) is 0 Å². The fourth-order valence-electron chi connectivity index (χ4n) is 3.09. The number of carbonyl (C=O) groups excluding carboxylic acids is 1. The molecule has 192 valence electrons. The van der Waals surface area contributed by atoms with E-state index in [1.807, 2.05) is 0 Å². The van der Waals surface area contributed by atoms with Crippen LogP contribution in [-0.2, 0) is 29.0 Å². The summed E-state index contributed by atoms with van der Waals surface area (Å²) in [4.78, 5) is 32.9. The molecule has 32 heavy (non-hydrogen) atoms. The zero-order chi connectivity index (χ0) is 23.7. The Balaban J connectivity index is 4.16. The lowest BCUT2D eigenvalue weighted by molar-refractivity contribution is -0.296. The predicted octanol–water partition coefficient (Wildman–Crippen LogP) is 7.03. The first-order chi connectivity index (χ1) is 15.7. The van der Waals surface area contributed by atoms with E-state index >= 15 is 0 Å². The molecule has 0 aliphatic carbocycles. The molecule has 0 heterocycles. The number of carbonyl (C=O) groups is 1. The molecule has 0 radical (unpaired) electrons. The Labute approximate surface area is 196 Å². The Morgan fingerprint density at radius 2 is 0.906 bits per heavy atom. The quantitative estimate of drug-likeness (QED) is 0.0660. The summed E-state index contributed by atoms with van der Waals surface area (Å²) in [5.74, 6) is 0.503. The molecule has 7 heteroatoms. The van der Waals surface area contributed by atoms with Gasteiger partial charge in [-0.15, -0.1) is 0 Å². The molecule has 7 nitrogen and oxygen atoms in total. The molecule has 0 aromatic heterocycles. The minimum Gasteiger partial charge on any atom is -0.434 e. The normalized spacial score (nSPS) is 13.1. The van der Waals surface area contributed by atoms with Crippen LogP contribution in [0.15, 0.2) is 0 Å². The van der Waals surface area contributed by atoms with Crippen molar-refractivity contribution in [2.45, 2.75) is 105 Å². The third kappa shape index (κ3) is 21.0. The van der Waals surface area contributed by atoms with Crippen LogP contribution in [0.5, 0.6) is 0 Å². The topological polar surface area (TPSA) is 72.5 Å². The molecule has 0 bridgehead atoms. The highest BCUT2D eigenvalue weighted by Gasteiger charge is 2.16. The van der Waals surface area contributed by atoms with Gasteiger partial charge in [0.15, 0.2) is 0 Å². The van der Waals surface area contributed by atoms with Crippen molar-refractivity contribution in [1.82, 2.24) is 0 Å². The highest BCUT2D eigenvalue weighted by Crippen LogP contribution is 2.16. The third-order valence-corrected chi connectivity index (χ3v) is 5.35. The lowest BCUT2D eigenvalue weighted by Gasteiger charge is -2.18. The number of ether oxygens (including phenoxy) is 2. The average Bonchev–Trinajstić information content (AvgIpc) is 2.80. The third-order valence-electron chi connectivity index (χ3n) is 5.35. The summed E-state index contributed by atoms with van der Waals surface area (Å²) in [6.45, 7) is 11.5. The molecule has 0 aliphatic rings. The van der Waals surface area contributed by atoms with Crippen LogP contribution in [0.1, 0.15) is 105 Å². The van der Waals surface area contributed by atoms with Crippen molar-refractivity contribution in [1.29, 1.82) is 0 Å². The Kier molecular flexibility index (Phi) is 24.1. The van der Waals surface area contributed by atoms with Crippen molar-refractivity contribution in [2.75, 3.05) is 39.6 Å².